The Kier molecular flexibility index (Phi) is 7.52. The van der Waals surface area contributed by atoms with Crippen LogP contribution in [0.5, 0.6) is 0 Å². The highest BCUT2D eigenvalue weighted by Gasteiger charge is 2.19. The summed E-state index contributed by atoms with van der Waals surface area (Å²) in [6.45, 7) is 15.1. The molecule has 0 saturated carbocycles. The maximum Gasteiger partial charge on any atom is 0.224 e. The molecule has 0 N–H and O–H groups in total. The topological polar surface area (TPSA) is 32.8 Å². The van der Waals surface area contributed by atoms with Gasteiger partial charge in [-0.1, -0.05) is 27.7 Å². The predicted octanol–water partition coefficient (Wildman–Crippen LogP) is 2.38. The number of amides is 1. The van der Waals surface area contributed by atoms with Crippen LogP contribution in [0.2, 0.25) is 0 Å². The standard InChI is InChI=1S/C16H32N2O2/c1-5-17-9-11-18(12-10-17)15(19)7-14-20-13-6-8-16(2,3)4/h5-14H2,1-4H3. The van der Waals surface area contributed by atoms with Crippen LogP contribution in [0.25, 0.3) is 0 Å². The molecule has 118 valence electrons. The highest BCUT2D eigenvalue weighted by atomic mass is 16.5. The molecule has 0 aromatic heterocycles. The highest BCUT2D eigenvalue weighted by molar-refractivity contribution is 5.76. The van der Waals surface area contributed by atoms with Crippen molar-refractivity contribution < 1.29 is 9.53 Å². The second kappa shape index (κ2) is 8.63. The lowest BCUT2D eigenvalue weighted by atomic mass is 9.91. The van der Waals surface area contributed by atoms with Crippen LogP contribution in [0.1, 0.15) is 47.0 Å². The van der Waals surface area contributed by atoms with Crippen LogP contribution in [0.15, 0.2) is 0 Å². The van der Waals surface area contributed by atoms with E-state index >= 15 is 0 Å². The smallest absolute Gasteiger partial charge is 0.224 e. The average Bonchev–Trinajstić information content (AvgIpc) is 2.41. The Bertz CT molecular complexity index is 279. The fourth-order valence-corrected chi connectivity index (χ4v) is 2.44. The Morgan fingerprint density at radius 2 is 1.75 bits per heavy atom. The second-order valence-electron chi connectivity index (χ2n) is 6.84. The molecule has 1 fully saturated rings. The molecule has 0 atom stereocenters. The third-order valence-electron chi connectivity index (χ3n) is 3.85. The number of rotatable bonds is 7. The minimum atomic E-state index is 0.247. The van der Waals surface area contributed by atoms with Gasteiger partial charge >= 0.3 is 0 Å². The minimum absolute atomic E-state index is 0.247. The van der Waals surface area contributed by atoms with Gasteiger partial charge in [-0.05, 0) is 24.8 Å². The van der Waals surface area contributed by atoms with Crippen molar-refractivity contribution in [3.63, 3.8) is 0 Å². The summed E-state index contributed by atoms with van der Waals surface area (Å²) >= 11 is 0. The number of likely N-dealkylation sites (N-methyl/N-ethyl adjacent to an activating group) is 1. The molecule has 1 rings (SSSR count). The zero-order valence-corrected chi connectivity index (χ0v) is 13.8. The first-order chi connectivity index (χ1) is 9.42. The minimum Gasteiger partial charge on any atom is -0.381 e. The van der Waals surface area contributed by atoms with Crippen LogP contribution in [-0.4, -0.2) is 61.6 Å². The van der Waals surface area contributed by atoms with E-state index in [0.717, 1.165) is 45.8 Å². The van der Waals surface area contributed by atoms with Gasteiger partial charge in [0, 0.05) is 32.8 Å². The van der Waals surface area contributed by atoms with E-state index in [0.29, 0.717) is 18.4 Å². The molecule has 1 heterocycles. The van der Waals surface area contributed by atoms with Crippen molar-refractivity contribution in [1.29, 1.82) is 0 Å². The summed E-state index contributed by atoms with van der Waals surface area (Å²) in [5.74, 6) is 0.247. The summed E-state index contributed by atoms with van der Waals surface area (Å²) < 4.78 is 5.57. The molecular weight excluding hydrogens is 252 g/mol. The lowest BCUT2D eigenvalue weighted by molar-refractivity contribution is -0.134. The van der Waals surface area contributed by atoms with Crippen LogP contribution in [-0.2, 0) is 9.53 Å². The van der Waals surface area contributed by atoms with Crippen molar-refractivity contribution >= 4 is 5.91 Å². The van der Waals surface area contributed by atoms with Crippen LogP contribution in [0, 0.1) is 5.41 Å². The molecule has 4 nitrogen and oxygen atoms in total. The number of hydrogen-bond donors (Lipinski definition) is 0. The Morgan fingerprint density at radius 3 is 2.30 bits per heavy atom. The number of piperazine rings is 1. The largest absolute Gasteiger partial charge is 0.381 e. The van der Waals surface area contributed by atoms with Crippen LogP contribution < -0.4 is 0 Å². The van der Waals surface area contributed by atoms with Gasteiger partial charge in [-0.2, -0.15) is 0 Å². The molecular formula is C16H32N2O2. The summed E-state index contributed by atoms with van der Waals surface area (Å²) in [5.41, 5.74) is 0.373. The number of hydrogen-bond acceptors (Lipinski definition) is 3. The molecule has 1 aliphatic rings. The normalized spacial score (nSPS) is 17.5. The molecule has 0 aliphatic carbocycles. The van der Waals surface area contributed by atoms with Gasteiger partial charge in [-0.25, -0.2) is 0 Å². The fraction of sp³-hybridized carbons (Fsp3) is 0.938. The zero-order chi connectivity index (χ0) is 15.0. The molecule has 1 saturated heterocycles. The van der Waals surface area contributed by atoms with E-state index in [4.69, 9.17) is 4.74 Å². The second-order valence-corrected chi connectivity index (χ2v) is 6.84. The van der Waals surface area contributed by atoms with Gasteiger partial charge in [0.2, 0.25) is 5.91 Å². The van der Waals surface area contributed by atoms with Crippen molar-refractivity contribution in [2.75, 3.05) is 45.9 Å². The molecule has 20 heavy (non-hydrogen) atoms. The molecule has 0 unspecified atom stereocenters. The maximum atomic E-state index is 12.0. The monoisotopic (exact) mass is 284 g/mol. The molecule has 1 amide bonds. The molecule has 0 spiro atoms. The molecule has 0 bridgehead atoms. The van der Waals surface area contributed by atoms with Gasteiger partial charge in [-0.3, -0.25) is 4.79 Å². The Hall–Kier alpha value is -0.610. The number of nitrogens with zero attached hydrogens (tertiary/aromatic N) is 2. The zero-order valence-electron chi connectivity index (χ0n) is 13.8. The first-order valence-electron chi connectivity index (χ1n) is 8.00. The number of carbonyl (C=O) groups is 1. The van der Waals surface area contributed by atoms with E-state index in [1.54, 1.807) is 0 Å². The molecule has 0 radical (unpaired) electrons. The number of ether oxygens (including phenoxy) is 1. The molecule has 4 heteroatoms. The summed E-state index contributed by atoms with van der Waals surface area (Å²) in [5, 5.41) is 0. The van der Waals surface area contributed by atoms with Crippen LogP contribution >= 0.6 is 0 Å². The van der Waals surface area contributed by atoms with E-state index in [9.17, 15) is 4.79 Å². The quantitative estimate of drug-likeness (QED) is 0.673. The van der Waals surface area contributed by atoms with Crippen molar-refractivity contribution in [3.05, 3.63) is 0 Å². The Balaban J connectivity index is 2.03. The van der Waals surface area contributed by atoms with Gasteiger partial charge < -0.3 is 14.5 Å². The third-order valence-corrected chi connectivity index (χ3v) is 3.85. The Labute approximate surface area is 124 Å². The summed E-state index contributed by atoms with van der Waals surface area (Å²) in [7, 11) is 0. The predicted molar refractivity (Wildman–Crippen MR) is 82.8 cm³/mol. The lowest BCUT2D eigenvalue weighted by Gasteiger charge is -2.34. The molecule has 1 aliphatic heterocycles. The van der Waals surface area contributed by atoms with E-state index in [1.807, 2.05) is 4.90 Å². The summed E-state index contributed by atoms with van der Waals surface area (Å²) in [4.78, 5) is 16.4. The van der Waals surface area contributed by atoms with E-state index < -0.39 is 0 Å². The highest BCUT2D eigenvalue weighted by Crippen LogP contribution is 2.20. The average molecular weight is 284 g/mol. The maximum absolute atomic E-state index is 12.0. The number of carbonyl (C=O) groups excluding carboxylic acids is 1. The summed E-state index contributed by atoms with van der Waals surface area (Å²) in [6.07, 6.45) is 2.77. The van der Waals surface area contributed by atoms with Gasteiger partial charge in [0.25, 0.3) is 0 Å². The van der Waals surface area contributed by atoms with E-state index in [1.165, 1.54) is 6.42 Å². The lowest BCUT2D eigenvalue weighted by Crippen LogP contribution is -2.48. The van der Waals surface area contributed by atoms with Gasteiger partial charge in [-0.15, -0.1) is 0 Å². The fourth-order valence-electron chi connectivity index (χ4n) is 2.44. The van der Waals surface area contributed by atoms with Gasteiger partial charge in [0.1, 0.15) is 0 Å². The van der Waals surface area contributed by atoms with E-state index in [-0.39, 0.29) is 5.91 Å². The van der Waals surface area contributed by atoms with Crippen molar-refractivity contribution in [2.24, 2.45) is 5.41 Å². The molecule has 0 aromatic carbocycles. The first kappa shape index (κ1) is 17.4. The van der Waals surface area contributed by atoms with Crippen molar-refractivity contribution in [1.82, 2.24) is 9.80 Å². The van der Waals surface area contributed by atoms with Crippen molar-refractivity contribution in [3.8, 4) is 0 Å². The molecule has 0 aromatic rings. The first-order valence-corrected chi connectivity index (χ1v) is 8.00. The van der Waals surface area contributed by atoms with Crippen LogP contribution in [0.4, 0.5) is 0 Å². The summed E-state index contributed by atoms with van der Waals surface area (Å²) in [6, 6.07) is 0. The van der Waals surface area contributed by atoms with Crippen LogP contribution in [0.3, 0.4) is 0 Å². The van der Waals surface area contributed by atoms with Gasteiger partial charge in [0.15, 0.2) is 0 Å². The SMILES string of the molecule is CCN1CCN(C(=O)CCOCCCC(C)(C)C)CC1. The third kappa shape index (κ3) is 7.25. The van der Waals surface area contributed by atoms with Crippen molar-refractivity contribution in [2.45, 2.75) is 47.0 Å². The Morgan fingerprint density at radius 1 is 1.10 bits per heavy atom. The van der Waals surface area contributed by atoms with E-state index in [2.05, 4.69) is 32.6 Å². The van der Waals surface area contributed by atoms with Gasteiger partial charge in [0.05, 0.1) is 13.0 Å².